The molecule has 7 nitrogen and oxygen atoms in total. The van der Waals surface area contributed by atoms with Crippen LogP contribution in [0, 0.1) is 0 Å². The van der Waals surface area contributed by atoms with Crippen LogP contribution in [0.4, 0.5) is 19.0 Å². The van der Waals surface area contributed by atoms with Gasteiger partial charge in [-0.15, -0.1) is 0 Å². The molecule has 11 heteroatoms. The number of carbonyl (C=O) groups is 1. The van der Waals surface area contributed by atoms with Crippen molar-refractivity contribution in [2.45, 2.75) is 36.4 Å². The highest BCUT2D eigenvalue weighted by atomic mass is 32.2. The molecule has 3 heterocycles. The van der Waals surface area contributed by atoms with E-state index in [1.165, 1.54) is 34.6 Å². The maximum Gasteiger partial charge on any atom is 0.417 e. The van der Waals surface area contributed by atoms with Crippen LogP contribution in [0.1, 0.15) is 35.2 Å². The van der Waals surface area contributed by atoms with E-state index in [-0.39, 0.29) is 16.8 Å². The van der Waals surface area contributed by atoms with Crippen molar-refractivity contribution in [1.29, 1.82) is 0 Å². The summed E-state index contributed by atoms with van der Waals surface area (Å²) in [6.07, 6.45) is -1.31. The summed E-state index contributed by atoms with van der Waals surface area (Å²) in [7, 11) is -3.54. The molecule has 1 N–H and O–H groups in total. The molecule has 172 valence electrons. The van der Waals surface area contributed by atoms with Gasteiger partial charge in [-0.25, -0.2) is 13.4 Å². The first kappa shape index (κ1) is 22.5. The fourth-order valence-electron chi connectivity index (χ4n) is 3.95. The molecule has 2 aliphatic heterocycles. The van der Waals surface area contributed by atoms with Crippen molar-refractivity contribution < 1.29 is 26.4 Å². The molecule has 0 bridgehead atoms. The molecular formula is C21H23F3N4O3S. The maximum absolute atomic E-state index is 12.7. The van der Waals surface area contributed by atoms with E-state index in [9.17, 15) is 26.4 Å². The SMILES string of the molecule is O=C(NC1CCN(c2ccc(C(F)(F)F)cn2)C1)c1ccc(S(=O)(=O)N2CCCC2)cc1. The van der Waals surface area contributed by atoms with Crippen LogP contribution >= 0.6 is 0 Å². The number of benzene rings is 1. The summed E-state index contributed by atoms with van der Waals surface area (Å²) in [5.74, 6) is 0.0913. The minimum atomic E-state index is -4.43. The van der Waals surface area contributed by atoms with Crippen molar-refractivity contribution >= 4 is 21.7 Å². The van der Waals surface area contributed by atoms with Gasteiger partial charge in [-0.05, 0) is 55.7 Å². The summed E-state index contributed by atoms with van der Waals surface area (Å²) >= 11 is 0. The Morgan fingerprint density at radius 3 is 2.31 bits per heavy atom. The van der Waals surface area contributed by atoms with E-state index < -0.39 is 21.8 Å². The zero-order valence-electron chi connectivity index (χ0n) is 17.2. The van der Waals surface area contributed by atoms with E-state index in [0.29, 0.717) is 44.0 Å². The largest absolute Gasteiger partial charge is 0.417 e. The molecule has 0 saturated carbocycles. The van der Waals surface area contributed by atoms with Gasteiger partial charge in [0, 0.05) is 44.0 Å². The highest BCUT2D eigenvalue weighted by molar-refractivity contribution is 7.89. The summed E-state index contributed by atoms with van der Waals surface area (Å²) in [6, 6.07) is 7.98. The lowest BCUT2D eigenvalue weighted by Crippen LogP contribution is -2.37. The van der Waals surface area contributed by atoms with Crippen molar-refractivity contribution in [3.05, 3.63) is 53.7 Å². The molecular weight excluding hydrogens is 445 g/mol. The smallest absolute Gasteiger partial charge is 0.354 e. The predicted octanol–water partition coefficient (Wildman–Crippen LogP) is 2.89. The molecule has 1 atom stereocenters. The van der Waals surface area contributed by atoms with E-state index in [1.807, 2.05) is 4.90 Å². The number of carbonyl (C=O) groups excluding carboxylic acids is 1. The van der Waals surface area contributed by atoms with E-state index in [1.54, 1.807) is 0 Å². The van der Waals surface area contributed by atoms with Crippen molar-refractivity contribution in [3.63, 3.8) is 0 Å². The number of sulfonamides is 1. The summed E-state index contributed by atoms with van der Waals surface area (Å²) < 4.78 is 64.7. The standard InChI is InChI=1S/C21H23F3N4O3S/c22-21(23,24)16-5-8-19(25-13-16)27-12-9-17(14-27)26-20(29)15-3-6-18(7-4-15)32(30,31)28-10-1-2-11-28/h3-8,13,17H,1-2,9-12,14H2,(H,26,29). The molecule has 2 aromatic rings. The number of pyridine rings is 1. The second-order valence-electron chi connectivity index (χ2n) is 7.94. The van der Waals surface area contributed by atoms with Crippen LogP contribution in [-0.4, -0.2) is 55.8 Å². The lowest BCUT2D eigenvalue weighted by atomic mass is 10.2. The summed E-state index contributed by atoms with van der Waals surface area (Å²) in [5, 5.41) is 2.90. The van der Waals surface area contributed by atoms with Crippen LogP contribution in [0.15, 0.2) is 47.5 Å². The second-order valence-corrected chi connectivity index (χ2v) is 9.88. The minimum absolute atomic E-state index is 0.163. The minimum Gasteiger partial charge on any atom is -0.354 e. The fourth-order valence-corrected chi connectivity index (χ4v) is 5.47. The highest BCUT2D eigenvalue weighted by Crippen LogP contribution is 2.30. The molecule has 0 radical (unpaired) electrons. The predicted molar refractivity (Wildman–Crippen MR) is 112 cm³/mol. The van der Waals surface area contributed by atoms with Gasteiger partial charge in [0.05, 0.1) is 10.5 Å². The first-order valence-electron chi connectivity index (χ1n) is 10.3. The van der Waals surface area contributed by atoms with Gasteiger partial charge in [-0.3, -0.25) is 4.79 Å². The Hall–Kier alpha value is -2.66. The van der Waals surface area contributed by atoms with Crippen LogP contribution in [-0.2, 0) is 16.2 Å². The molecule has 1 aromatic carbocycles. The summed E-state index contributed by atoms with van der Waals surface area (Å²) in [6.45, 7) is 1.99. The third-order valence-electron chi connectivity index (χ3n) is 5.74. The molecule has 1 aromatic heterocycles. The van der Waals surface area contributed by atoms with Gasteiger partial charge in [0.25, 0.3) is 5.91 Å². The third kappa shape index (κ3) is 4.73. The van der Waals surface area contributed by atoms with Gasteiger partial charge in [-0.1, -0.05) is 0 Å². The van der Waals surface area contributed by atoms with Crippen molar-refractivity contribution in [2.24, 2.45) is 0 Å². The Morgan fingerprint density at radius 2 is 1.72 bits per heavy atom. The lowest BCUT2D eigenvalue weighted by Gasteiger charge is -2.19. The second kappa shape index (κ2) is 8.70. The topological polar surface area (TPSA) is 82.6 Å². The third-order valence-corrected chi connectivity index (χ3v) is 7.65. The monoisotopic (exact) mass is 468 g/mol. The van der Waals surface area contributed by atoms with E-state index in [2.05, 4.69) is 10.3 Å². The molecule has 0 aliphatic carbocycles. The van der Waals surface area contributed by atoms with Crippen molar-refractivity contribution in [2.75, 3.05) is 31.1 Å². The number of hydrogen-bond acceptors (Lipinski definition) is 5. The number of anilines is 1. The Balaban J connectivity index is 1.35. The number of aromatic nitrogens is 1. The first-order chi connectivity index (χ1) is 15.1. The van der Waals surface area contributed by atoms with Crippen LogP contribution < -0.4 is 10.2 Å². The van der Waals surface area contributed by atoms with Gasteiger partial charge in [0.1, 0.15) is 5.82 Å². The molecule has 1 amide bonds. The number of nitrogens with one attached hydrogen (secondary N) is 1. The Kier molecular flexibility index (Phi) is 6.13. The van der Waals surface area contributed by atoms with Crippen molar-refractivity contribution in [3.8, 4) is 0 Å². The molecule has 2 fully saturated rings. The molecule has 2 saturated heterocycles. The van der Waals surface area contributed by atoms with Crippen molar-refractivity contribution in [1.82, 2.24) is 14.6 Å². The zero-order chi connectivity index (χ0) is 22.9. The van der Waals surface area contributed by atoms with Gasteiger partial charge in [0.2, 0.25) is 10.0 Å². The average molecular weight is 469 g/mol. The number of alkyl halides is 3. The Morgan fingerprint density at radius 1 is 1.03 bits per heavy atom. The quantitative estimate of drug-likeness (QED) is 0.730. The number of rotatable bonds is 5. The Labute approximate surface area is 184 Å². The molecule has 32 heavy (non-hydrogen) atoms. The summed E-state index contributed by atoms with van der Waals surface area (Å²) in [4.78, 5) is 18.5. The van der Waals surface area contributed by atoms with Crippen LogP contribution in [0.2, 0.25) is 0 Å². The highest BCUT2D eigenvalue weighted by Gasteiger charge is 2.32. The normalized spacial score (nSPS) is 20.0. The van der Waals surface area contributed by atoms with E-state index >= 15 is 0 Å². The van der Waals surface area contributed by atoms with Gasteiger partial charge in [0.15, 0.2) is 0 Å². The zero-order valence-corrected chi connectivity index (χ0v) is 18.0. The van der Waals surface area contributed by atoms with Crippen LogP contribution in [0.3, 0.4) is 0 Å². The van der Waals surface area contributed by atoms with E-state index in [0.717, 1.165) is 25.1 Å². The van der Waals surface area contributed by atoms with Gasteiger partial charge >= 0.3 is 6.18 Å². The van der Waals surface area contributed by atoms with Crippen LogP contribution in [0.25, 0.3) is 0 Å². The number of halogens is 3. The fraction of sp³-hybridized carbons (Fsp3) is 0.429. The van der Waals surface area contributed by atoms with E-state index in [4.69, 9.17) is 0 Å². The number of hydrogen-bond donors (Lipinski definition) is 1. The molecule has 1 unspecified atom stereocenters. The Bertz CT molecular complexity index is 1070. The van der Waals surface area contributed by atoms with Gasteiger partial charge in [-0.2, -0.15) is 17.5 Å². The van der Waals surface area contributed by atoms with Crippen LogP contribution in [0.5, 0.6) is 0 Å². The first-order valence-corrected chi connectivity index (χ1v) is 11.8. The number of amides is 1. The summed E-state index contributed by atoms with van der Waals surface area (Å²) in [5.41, 5.74) is -0.461. The lowest BCUT2D eigenvalue weighted by molar-refractivity contribution is -0.137. The molecule has 2 aliphatic rings. The maximum atomic E-state index is 12.7. The van der Waals surface area contributed by atoms with Gasteiger partial charge < -0.3 is 10.2 Å². The average Bonchev–Trinajstić information content (AvgIpc) is 3.46. The number of nitrogens with zero attached hydrogens (tertiary/aromatic N) is 3. The molecule has 4 rings (SSSR count). The molecule has 0 spiro atoms.